The third kappa shape index (κ3) is 2.96. The highest BCUT2D eigenvalue weighted by Crippen LogP contribution is 2.38. The number of ether oxygens (including phenoxy) is 1. The van der Waals surface area contributed by atoms with Crippen LogP contribution in [-0.2, 0) is 14.8 Å². The van der Waals surface area contributed by atoms with Crippen LogP contribution in [0.15, 0.2) is 17.0 Å². The number of nitrogens with zero attached hydrogens (tertiary/aromatic N) is 1. The minimum atomic E-state index is -3.89. The maximum atomic E-state index is 12.5. The lowest BCUT2D eigenvalue weighted by Crippen LogP contribution is -2.30. The van der Waals surface area contributed by atoms with Crippen molar-refractivity contribution in [2.75, 3.05) is 20.2 Å². The van der Waals surface area contributed by atoms with Gasteiger partial charge in [0.15, 0.2) is 0 Å². The minimum absolute atomic E-state index is 0.00854. The first-order chi connectivity index (χ1) is 9.78. The molecule has 116 valence electrons. The van der Waals surface area contributed by atoms with Gasteiger partial charge < -0.3 is 9.84 Å². The van der Waals surface area contributed by atoms with Crippen LogP contribution in [0.25, 0.3) is 0 Å². The summed E-state index contributed by atoms with van der Waals surface area (Å²) in [5, 5.41) is 8.83. The Kier molecular flexibility index (Phi) is 4.67. The number of halogens is 2. The number of hydrogen-bond acceptors (Lipinski definition) is 4. The highest BCUT2D eigenvalue weighted by atomic mass is 35.5. The summed E-state index contributed by atoms with van der Waals surface area (Å²) in [5.41, 5.74) is 0. The predicted molar refractivity (Wildman–Crippen MR) is 77.5 cm³/mol. The van der Waals surface area contributed by atoms with Gasteiger partial charge in [0.1, 0.15) is 15.7 Å². The third-order valence-electron chi connectivity index (χ3n) is 3.35. The van der Waals surface area contributed by atoms with Crippen molar-refractivity contribution >= 4 is 39.2 Å². The topological polar surface area (TPSA) is 83.9 Å². The molecule has 1 unspecified atom stereocenters. The molecule has 1 fully saturated rings. The number of benzene rings is 1. The number of rotatable bonds is 4. The number of carboxylic acid groups (broad SMARTS) is 1. The summed E-state index contributed by atoms with van der Waals surface area (Å²) in [6.07, 6.45) is 0.274. The van der Waals surface area contributed by atoms with Gasteiger partial charge in [0.25, 0.3) is 0 Å². The molecule has 0 radical (unpaired) electrons. The van der Waals surface area contributed by atoms with E-state index in [1.54, 1.807) is 0 Å². The van der Waals surface area contributed by atoms with Gasteiger partial charge in [0.05, 0.1) is 18.1 Å². The molecule has 21 heavy (non-hydrogen) atoms. The fraction of sp³-hybridized carbons (Fsp3) is 0.417. The number of hydrogen-bond donors (Lipinski definition) is 1. The van der Waals surface area contributed by atoms with E-state index in [0.717, 1.165) is 4.31 Å². The van der Waals surface area contributed by atoms with E-state index in [-0.39, 0.29) is 40.2 Å². The van der Waals surface area contributed by atoms with E-state index in [4.69, 9.17) is 33.0 Å². The molecule has 1 atom stereocenters. The molecule has 0 amide bonds. The molecule has 1 N–H and O–H groups in total. The Morgan fingerprint density at radius 3 is 2.57 bits per heavy atom. The lowest BCUT2D eigenvalue weighted by molar-refractivity contribution is -0.141. The first-order valence-corrected chi connectivity index (χ1v) is 8.23. The molecule has 1 aromatic rings. The van der Waals surface area contributed by atoms with E-state index in [0.29, 0.717) is 0 Å². The van der Waals surface area contributed by atoms with Crippen LogP contribution < -0.4 is 4.74 Å². The smallest absolute Gasteiger partial charge is 0.307 e. The van der Waals surface area contributed by atoms with Crippen LogP contribution in [0.1, 0.15) is 6.42 Å². The molecule has 1 aromatic carbocycles. The van der Waals surface area contributed by atoms with Gasteiger partial charge in [-0.25, -0.2) is 8.42 Å². The molecular formula is C12H13Cl2NO5S. The van der Waals surface area contributed by atoms with Crippen LogP contribution in [0.5, 0.6) is 5.75 Å². The van der Waals surface area contributed by atoms with E-state index >= 15 is 0 Å². The Labute approximate surface area is 132 Å². The van der Waals surface area contributed by atoms with Gasteiger partial charge in [0, 0.05) is 13.1 Å². The summed E-state index contributed by atoms with van der Waals surface area (Å²) in [7, 11) is -2.49. The molecule has 0 bridgehead atoms. The Balaban J connectivity index is 2.37. The van der Waals surface area contributed by atoms with Crippen LogP contribution in [-0.4, -0.2) is 44.0 Å². The first-order valence-electron chi connectivity index (χ1n) is 6.04. The van der Waals surface area contributed by atoms with Crippen molar-refractivity contribution in [3.05, 3.63) is 22.2 Å². The van der Waals surface area contributed by atoms with Gasteiger partial charge in [-0.15, -0.1) is 0 Å². The van der Waals surface area contributed by atoms with E-state index in [1.807, 2.05) is 0 Å². The van der Waals surface area contributed by atoms with E-state index < -0.39 is 21.9 Å². The average molecular weight is 354 g/mol. The van der Waals surface area contributed by atoms with Crippen LogP contribution in [0, 0.1) is 5.92 Å². The maximum Gasteiger partial charge on any atom is 0.307 e. The largest absolute Gasteiger partial charge is 0.495 e. The average Bonchev–Trinajstić information content (AvgIpc) is 2.92. The first kappa shape index (κ1) is 16.4. The van der Waals surface area contributed by atoms with Crippen molar-refractivity contribution in [2.24, 2.45) is 5.92 Å². The van der Waals surface area contributed by atoms with Crippen molar-refractivity contribution in [1.29, 1.82) is 0 Å². The SMILES string of the molecule is COc1ccc(S(=O)(=O)N2CCC(C(=O)O)C2)c(Cl)c1Cl. The molecule has 2 rings (SSSR count). The Morgan fingerprint density at radius 2 is 2.05 bits per heavy atom. The van der Waals surface area contributed by atoms with Crippen molar-refractivity contribution in [3.63, 3.8) is 0 Å². The highest BCUT2D eigenvalue weighted by Gasteiger charge is 2.37. The van der Waals surface area contributed by atoms with Crippen LogP contribution in [0.2, 0.25) is 10.0 Å². The highest BCUT2D eigenvalue weighted by molar-refractivity contribution is 7.89. The standard InChI is InChI=1S/C12H13Cl2NO5S/c1-20-8-2-3-9(11(14)10(8)13)21(18,19)15-5-4-7(6-15)12(16)17/h2-3,7H,4-6H2,1H3,(H,16,17). The fourth-order valence-corrected chi connectivity index (χ4v) is 4.47. The summed E-state index contributed by atoms with van der Waals surface area (Å²) in [4.78, 5) is 10.8. The molecule has 0 aromatic heterocycles. The second-order valence-electron chi connectivity index (χ2n) is 4.58. The van der Waals surface area contributed by atoms with Gasteiger partial charge >= 0.3 is 5.97 Å². The zero-order valence-corrected chi connectivity index (χ0v) is 13.4. The molecule has 1 aliphatic heterocycles. The molecule has 0 saturated carbocycles. The van der Waals surface area contributed by atoms with Gasteiger partial charge in [-0.3, -0.25) is 4.79 Å². The second-order valence-corrected chi connectivity index (χ2v) is 7.24. The van der Waals surface area contributed by atoms with Gasteiger partial charge in [-0.05, 0) is 18.6 Å². The van der Waals surface area contributed by atoms with E-state index in [1.165, 1.54) is 19.2 Å². The maximum absolute atomic E-state index is 12.5. The van der Waals surface area contributed by atoms with Gasteiger partial charge in [0.2, 0.25) is 10.0 Å². The van der Waals surface area contributed by atoms with Crippen molar-refractivity contribution in [3.8, 4) is 5.75 Å². The molecule has 1 aliphatic rings. The fourth-order valence-electron chi connectivity index (χ4n) is 2.16. The lowest BCUT2D eigenvalue weighted by atomic mass is 10.1. The van der Waals surface area contributed by atoms with Gasteiger partial charge in [-0.1, -0.05) is 23.2 Å². The zero-order chi connectivity index (χ0) is 15.8. The molecule has 1 heterocycles. The van der Waals surface area contributed by atoms with Crippen LogP contribution in [0.4, 0.5) is 0 Å². The monoisotopic (exact) mass is 353 g/mol. The van der Waals surface area contributed by atoms with Gasteiger partial charge in [-0.2, -0.15) is 4.31 Å². The molecule has 0 aliphatic carbocycles. The zero-order valence-electron chi connectivity index (χ0n) is 11.0. The predicted octanol–water partition coefficient (Wildman–Crippen LogP) is 2.10. The number of aliphatic carboxylic acids is 1. The van der Waals surface area contributed by atoms with Crippen molar-refractivity contribution < 1.29 is 23.1 Å². The molecule has 0 spiro atoms. The molecule has 1 saturated heterocycles. The van der Waals surface area contributed by atoms with Crippen LogP contribution in [0.3, 0.4) is 0 Å². The molecule has 9 heteroatoms. The summed E-state index contributed by atoms with van der Waals surface area (Å²) in [6.45, 7) is 0.0664. The Hall–Kier alpha value is -1.02. The summed E-state index contributed by atoms with van der Waals surface area (Å²) in [5.74, 6) is -1.44. The lowest BCUT2D eigenvalue weighted by Gasteiger charge is -2.18. The van der Waals surface area contributed by atoms with Crippen molar-refractivity contribution in [2.45, 2.75) is 11.3 Å². The quantitative estimate of drug-likeness (QED) is 0.895. The van der Waals surface area contributed by atoms with Crippen molar-refractivity contribution in [1.82, 2.24) is 4.31 Å². The molecular weight excluding hydrogens is 341 g/mol. The minimum Gasteiger partial charge on any atom is -0.495 e. The van der Waals surface area contributed by atoms with E-state index in [2.05, 4.69) is 0 Å². The number of methoxy groups -OCH3 is 1. The number of carbonyl (C=O) groups is 1. The second kappa shape index (κ2) is 6.00. The van der Waals surface area contributed by atoms with E-state index in [9.17, 15) is 13.2 Å². The normalized spacial score (nSPS) is 19.7. The Morgan fingerprint density at radius 1 is 1.38 bits per heavy atom. The summed E-state index contributed by atoms with van der Waals surface area (Å²) >= 11 is 12.0. The number of carboxylic acids is 1. The molecule has 6 nitrogen and oxygen atoms in total. The van der Waals surface area contributed by atoms with Crippen LogP contribution >= 0.6 is 23.2 Å². The summed E-state index contributed by atoms with van der Waals surface area (Å²) < 4.78 is 31.1. The third-order valence-corrected chi connectivity index (χ3v) is 6.23. The Bertz CT molecular complexity index is 676. The summed E-state index contributed by atoms with van der Waals surface area (Å²) in [6, 6.07) is 2.71. The number of sulfonamides is 1.